The minimum Gasteiger partial charge on any atom is -0.369 e. The van der Waals surface area contributed by atoms with Crippen molar-refractivity contribution in [3.63, 3.8) is 0 Å². The van der Waals surface area contributed by atoms with Crippen molar-refractivity contribution in [3.8, 4) is 0 Å². The van der Waals surface area contributed by atoms with Crippen molar-refractivity contribution in [1.29, 1.82) is 0 Å². The lowest BCUT2D eigenvalue weighted by Crippen LogP contribution is -2.48. The van der Waals surface area contributed by atoms with E-state index in [-0.39, 0.29) is 10.8 Å². The second kappa shape index (κ2) is 10.0. The number of rotatable bonds is 6. The molecule has 0 spiro atoms. The second-order valence-corrected chi connectivity index (χ2v) is 10.5. The summed E-state index contributed by atoms with van der Waals surface area (Å²) in [7, 11) is -3.53. The van der Waals surface area contributed by atoms with Crippen molar-refractivity contribution in [2.75, 3.05) is 56.0 Å². The predicted octanol–water partition coefficient (Wildman–Crippen LogP) is 2.93. The number of para-hydroxylation sites is 1. The van der Waals surface area contributed by atoms with Crippen LogP contribution in [0.1, 0.15) is 24.8 Å². The fourth-order valence-electron chi connectivity index (χ4n) is 4.35. The molecule has 4 rings (SSSR count). The van der Waals surface area contributed by atoms with E-state index >= 15 is 0 Å². The molecule has 0 aromatic heterocycles. The molecule has 0 radical (unpaired) electrons. The number of nitrogens with one attached hydrogen (secondary N) is 1. The molecular formula is C24H32N4O3S. The van der Waals surface area contributed by atoms with E-state index in [1.807, 2.05) is 25.1 Å². The molecule has 0 aliphatic carbocycles. The van der Waals surface area contributed by atoms with Gasteiger partial charge in [0.15, 0.2) is 0 Å². The maximum Gasteiger partial charge on any atom is 0.243 e. The van der Waals surface area contributed by atoms with Gasteiger partial charge in [0.1, 0.15) is 0 Å². The number of anilines is 2. The van der Waals surface area contributed by atoms with E-state index in [1.165, 1.54) is 5.69 Å². The van der Waals surface area contributed by atoms with Crippen molar-refractivity contribution >= 4 is 27.3 Å². The minimum absolute atomic E-state index is 0.117. The summed E-state index contributed by atoms with van der Waals surface area (Å²) in [5.74, 6) is -0.117. The van der Waals surface area contributed by atoms with Crippen molar-refractivity contribution < 1.29 is 13.2 Å². The highest BCUT2D eigenvalue weighted by molar-refractivity contribution is 7.89. The number of nitrogens with zero attached hydrogens (tertiary/aromatic N) is 3. The van der Waals surface area contributed by atoms with Crippen LogP contribution in [0.2, 0.25) is 0 Å². The first-order chi connectivity index (χ1) is 15.4. The normalized spacial score (nSPS) is 18.5. The summed E-state index contributed by atoms with van der Waals surface area (Å²) in [6, 6.07) is 15.3. The van der Waals surface area contributed by atoms with Crippen LogP contribution in [0.5, 0.6) is 0 Å². The summed E-state index contributed by atoms with van der Waals surface area (Å²) >= 11 is 0. The lowest BCUT2D eigenvalue weighted by Gasteiger charge is -2.35. The molecule has 2 aliphatic heterocycles. The van der Waals surface area contributed by atoms with Crippen LogP contribution in [0.4, 0.5) is 11.4 Å². The summed E-state index contributed by atoms with van der Waals surface area (Å²) in [6.45, 7) is 6.67. The molecule has 172 valence electrons. The Morgan fingerprint density at radius 1 is 0.906 bits per heavy atom. The Hall–Kier alpha value is -2.42. The Morgan fingerprint density at radius 3 is 2.28 bits per heavy atom. The molecule has 32 heavy (non-hydrogen) atoms. The van der Waals surface area contributed by atoms with Crippen LogP contribution in [0.3, 0.4) is 0 Å². The number of piperazine rings is 1. The third-order valence-corrected chi connectivity index (χ3v) is 8.19. The molecule has 1 N–H and O–H groups in total. The Kier molecular flexibility index (Phi) is 7.13. The number of aryl methyl sites for hydroxylation is 1. The van der Waals surface area contributed by atoms with E-state index in [1.54, 1.807) is 22.5 Å². The molecule has 2 heterocycles. The van der Waals surface area contributed by atoms with Gasteiger partial charge in [-0.15, -0.1) is 0 Å². The quantitative estimate of drug-likeness (QED) is 0.724. The van der Waals surface area contributed by atoms with E-state index in [4.69, 9.17) is 0 Å². The third-order valence-electron chi connectivity index (χ3n) is 6.30. The lowest BCUT2D eigenvalue weighted by molar-refractivity contribution is -0.117. The van der Waals surface area contributed by atoms with Gasteiger partial charge in [0.05, 0.1) is 11.4 Å². The smallest absolute Gasteiger partial charge is 0.243 e. The summed E-state index contributed by atoms with van der Waals surface area (Å²) in [4.78, 5) is 17.4. The van der Waals surface area contributed by atoms with Crippen LogP contribution >= 0.6 is 0 Å². The van der Waals surface area contributed by atoms with Crippen LogP contribution in [0.25, 0.3) is 0 Å². The van der Waals surface area contributed by atoms with Gasteiger partial charge in [-0.3, -0.25) is 9.69 Å². The second-order valence-electron chi connectivity index (χ2n) is 8.59. The summed E-state index contributed by atoms with van der Waals surface area (Å²) in [5.41, 5.74) is 2.62. The van der Waals surface area contributed by atoms with Crippen LogP contribution in [0.15, 0.2) is 53.4 Å². The fraction of sp³-hybridized carbons (Fsp3) is 0.458. The first kappa shape index (κ1) is 22.8. The van der Waals surface area contributed by atoms with Gasteiger partial charge in [-0.1, -0.05) is 30.7 Å². The molecule has 0 unspecified atom stereocenters. The number of carbonyl (C=O) groups excluding carboxylic acids is 1. The highest BCUT2D eigenvalue weighted by atomic mass is 32.2. The Bertz CT molecular complexity index is 1030. The van der Waals surface area contributed by atoms with E-state index in [0.29, 0.717) is 25.3 Å². The van der Waals surface area contributed by atoms with Crippen molar-refractivity contribution in [2.45, 2.75) is 31.1 Å². The van der Waals surface area contributed by atoms with Gasteiger partial charge in [-0.05, 0) is 49.6 Å². The van der Waals surface area contributed by atoms with E-state index in [9.17, 15) is 13.2 Å². The molecule has 8 heteroatoms. The van der Waals surface area contributed by atoms with Crippen molar-refractivity contribution in [1.82, 2.24) is 9.21 Å². The van der Waals surface area contributed by atoms with Crippen LogP contribution in [-0.2, 0) is 14.8 Å². The van der Waals surface area contributed by atoms with E-state index < -0.39 is 10.0 Å². The van der Waals surface area contributed by atoms with Crippen molar-refractivity contribution in [2.24, 2.45) is 0 Å². The predicted molar refractivity (Wildman–Crippen MR) is 128 cm³/mol. The van der Waals surface area contributed by atoms with Gasteiger partial charge in [0.25, 0.3) is 0 Å². The van der Waals surface area contributed by atoms with Crippen LogP contribution < -0.4 is 10.2 Å². The van der Waals surface area contributed by atoms with Gasteiger partial charge in [0.2, 0.25) is 15.9 Å². The number of piperidine rings is 1. The molecule has 0 bridgehead atoms. The first-order valence-electron chi connectivity index (χ1n) is 11.4. The third kappa shape index (κ3) is 5.31. The maximum absolute atomic E-state index is 13.0. The van der Waals surface area contributed by atoms with Gasteiger partial charge >= 0.3 is 0 Å². The molecule has 2 aliphatic rings. The van der Waals surface area contributed by atoms with E-state index in [2.05, 4.69) is 27.2 Å². The molecule has 1 amide bonds. The number of hydrogen-bond acceptors (Lipinski definition) is 5. The highest BCUT2D eigenvalue weighted by Crippen LogP contribution is 2.25. The summed E-state index contributed by atoms with van der Waals surface area (Å²) in [6.07, 6.45) is 2.86. The first-order valence-corrected chi connectivity index (χ1v) is 12.8. The number of hydrogen-bond donors (Lipinski definition) is 1. The van der Waals surface area contributed by atoms with E-state index in [0.717, 1.165) is 51.0 Å². The average Bonchev–Trinajstić information content (AvgIpc) is 2.82. The molecular weight excluding hydrogens is 424 g/mol. The molecule has 2 aromatic carbocycles. The van der Waals surface area contributed by atoms with Gasteiger partial charge in [-0.2, -0.15) is 4.31 Å². The minimum atomic E-state index is -3.53. The highest BCUT2D eigenvalue weighted by Gasteiger charge is 2.27. The average molecular weight is 457 g/mol. The molecule has 7 nitrogen and oxygen atoms in total. The topological polar surface area (TPSA) is 73.0 Å². The fourth-order valence-corrected chi connectivity index (χ4v) is 5.89. The standard InChI is InChI=1S/C24H32N4O3S/c1-20-10-11-22(32(30,31)28-12-6-3-7-13-28)18-23(20)25-24(29)19-26-14-16-27(17-15-26)21-8-4-2-5-9-21/h2,4-5,8-11,18H,3,6-7,12-17,19H2,1H3,(H,25,29). The molecule has 2 aromatic rings. The van der Waals surface area contributed by atoms with Crippen LogP contribution in [-0.4, -0.2) is 69.3 Å². The molecule has 2 fully saturated rings. The largest absolute Gasteiger partial charge is 0.369 e. The summed E-state index contributed by atoms with van der Waals surface area (Å²) in [5, 5.41) is 2.94. The number of benzene rings is 2. The molecule has 2 saturated heterocycles. The van der Waals surface area contributed by atoms with Gasteiger partial charge < -0.3 is 10.2 Å². The van der Waals surface area contributed by atoms with Gasteiger partial charge in [-0.25, -0.2) is 8.42 Å². The zero-order chi connectivity index (χ0) is 22.6. The molecule has 0 saturated carbocycles. The number of carbonyl (C=O) groups is 1. The Morgan fingerprint density at radius 2 is 1.59 bits per heavy atom. The number of amides is 1. The van der Waals surface area contributed by atoms with Gasteiger partial charge in [0, 0.05) is 50.6 Å². The van der Waals surface area contributed by atoms with Crippen molar-refractivity contribution in [3.05, 3.63) is 54.1 Å². The lowest BCUT2D eigenvalue weighted by atomic mass is 10.2. The monoisotopic (exact) mass is 456 g/mol. The SMILES string of the molecule is Cc1ccc(S(=O)(=O)N2CCCCC2)cc1NC(=O)CN1CCN(c2ccccc2)CC1. The number of sulfonamides is 1. The Balaban J connectivity index is 1.36. The zero-order valence-electron chi connectivity index (χ0n) is 18.7. The molecule has 0 atom stereocenters. The Labute approximate surface area is 191 Å². The maximum atomic E-state index is 13.0. The zero-order valence-corrected chi connectivity index (χ0v) is 19.5. The van der Waals surface area contributed by atoms with Crippen LogP contribution in [0, 0.1) is 6.92 Å². The summed E-state index contributed by atoms with van der Waals surface area (Å²) < 4.78 is 27.6.